The molecule has 3 unspecified atom stereocenters. The predicted molar refractivity (Wildman–Crippen MR) is 110 cm³/mol. The number of hydrogen-bond donors (Lipinski definition) is 3. The van der Waals surface area contributed by atoms with Gasteiger partial charge in [0.1, 0.15) is 5.56 Å². The molecule has 6 nitrogen and oxygen atoms in total. The van der Waals surface area contributed by atoms with Gasteiger partial charge in [-0.3, -0.25) is 4.79 Å². The fraction of sp³-hybridized carbons (Fsp3) is 0.455. The van der Waals surface area contributed by atoms with Gasteiger partial charge in [-0.2, -0.15) is 0 Å². The number of nitrogens with zero attached hydrogens (tertiary/aromatic N) is 1. The highest BCUT2D eigenvalue weighted by molar-refractivity contribution is 5.88. The van der Waals surface area contributed by atoms with Gasteiger partial charge >= 0.3 is 5.97 Å². The van der Waals surface area contributed by atoms with Gasteiger partial charge in [0.15, 0.2) is 0 Å². The summed E-state index contributed by atoms with van der Waals surface area (Å²) in [5.41, 5.74) is 9.14. The molecule has 4 N–H and O–H groups in total. The van der Waals surface area contributed by atoms with Crippen molar-refractivity contribution in [1.82, 2.24) is 4.98 Å². The summed E-state index contributed by atoms with van der Waals surface area (Å²) in [6, 6.07) is 9.97. The molecular weight excluding hydrogens is 354 g/mol. The molecule has 2 fully saturated rings. The van der Waals surface area contributed by atoms with Crippen LogP contribution in [-0.2, 0) is 6.42 Å². The van der Waals surface area contributed by atoms with Crippen molar-refractivity contribution < 1.29 is 9.90 Å². The molecule has 1 saturated carbocycles. The number of benzene rings is 1. The number of pyridine rings is 1. The molecule has 148 valence electrons. The van der Waals surface area contributed by atoms with E-state index in [1.165, 1.54) is 24.6 Å². The average Bonchev–Trinajstić information content (AvgIpc) is 3.13. The van der Waals surface area contributed by atoms with Gasteiger partial charge in [-0.05, 0) is 60.4 Å². The average molecular weight is 381 g/mol. The summed E-state index contributed by atoms with van der Waals surface area (Å²) in [5, 5.41) is 9.18. The minimum Gasteiger partial charge on any atom is -0.477 e. The van der Waals surface area contributed by atoms with Gasteiger partial charge in [0.05, 0.1) is 5.69 Å². The topological polar surface area (TPSA) is 99.4 Å². The molecule has 1 saturated heterocycles. The largest absolute Gasteiger partial charge is 0.477 e. The third-order valence-electron chi connectivity index (χ3n) is 6.41. The van der Waals surface area contributed by atoms with Crippen molar-refractivity contribution in [1.29, 1.82) is 0 Å². The lowest BCUT2D eigenvalue weighted by atomic mass is 9.78. The Bertz CT molecular complexity index is 935. The van der Waals surface area contributed by atoms with E-state index in [9.17, 15) is 14.7 Å². The number of nitrogens with two attached hydrogens (primary N) is 1. The highest BCUT2D eigenvalue weighted by atomic mass is 16.4. The number of anilines is 1. The maximum Gasteiger partial charge on any atom is 0.341 e. The Morgan fingerprint density at radius 1 is 1.25 bits per heavy atom. The number of nitrogens with one attached hydrogen (secondary N) is 1. The molecular formula is C22H27N3O3. The monoisotopic (exact) mass is 381 g/mol. The molecule has 6 heteroatoms. The van der Waals surface area contributed by atoms with Crippen molar-refractivity contribution in [3.8, 4) is 11.3 Å². The summed E-state index contributed by atoms with van der Waals surface area (Å²) in [6.07, 6.45) is 4.27. The molecule has 2 aromatic rings. The highest BCUT2D eigenvalue weighted by Crippen LogP contribution is 2.38. The van der Waals surface area contributed by atoms with Crippen molar-refractivity contribution in [3.63, 3.8) is 0 Å². The van der Waals surface area contributed by atoms with Crippen molar-refractivity contribution in [2.24, 2.45) is 17.6 Å². The van der Waals surface area contributed by atoms with Crippen LogP contribution in [0.5, 0.6) is 0 Å². The van der Waals surface area contributed by atoms with E-state index in [4.69, 9.17) is 5.73 Å². The number of carboxylic acid groups (broad SMARTS) is 1. The molecule has 1 aliphatic heterocycles. The normalized spacial score (nSPS) is 24.2. The summed E-state index contributed by atoms with van der Waals surface area (Å²) in [4.78, 5) is 28.5. The highest BCUT2D eigenvalue weighted by Gasteiger charge is 2.38. The lowest BCUT2D eigenvalue weighted by Crippen LogP contribution is -2.38. The number of aromatic carboxylic acids is 1. The van der Waals surface area contributed by atoms with Crippen molar-refractivity contribution in [2.75, 3.05) is 18.0 Å². The molecule has 2 heterocycles. The molecule has 1 aliphatic carbocycles. The number of H-pyrrole nitrogens is 1. The second-order valence-electron chi connectivity index (χ2n) is 8.04. The second kappa shape index (κ2) is 7.43. The first-order valence-corrected chi connectivity index (χ1v) is 10.1. The number of aryl methyl sites for hydroxylation is 1. The van der Waals surface area contributed by atoms with Crippen LogP contribution in [0.4, 0.5) is 5.69 Å². The van der Waals surface area contributed by atoms with Crippen LogP contribution < -0.4 is 16.2 Å². The molecule has 3 atom stereocenters. The van der Waals surface area contributed by atoms with Crippen LogP contribution in [0, 0.1) is 11.8 Å². The van der Waals surface area contributed by atoms with Gasteiger partial charge in [-0.15, -0.1) is 0 Å². The zero-order valence-corrected chi connectivity index (χ0v) is 16.1. The summed E-state index contributed by atoms with van der Waals surface area (Å²) < 4.78 is 0. The van der Waals surface area contributed by atoms with Crippen LogP contribution in [0.15, 0.2) is 35.1 Å². The summed E-state index contributed by atoms with van der Waals surface area (Å²) in [6.45, 7) is 4.02. The lowest BCUT2D eigenvalue weighted by Gasteiger charge is -2.29. The van der Waals surface area contributed by atoms with Gasteiger partial charge in [-0.25, -0.2) is 4.79 Å². The lowest BCUT2D eigenvalue weighted by molar-refractivity contribution is 0.0695. The first-order chi connectivity index (χ1) is 13.5. The van der Waals surface area contributed by atoms with E-state index < -0.39 is 11.5 Å². The Hall–Kier alpha value is -2.60. The quantitative estimate of drug-likeness (QED) is 0.756. The van der Waals surface area contributed by atoms with Crippen LogP contribution in [-0.4, -0.2) is 35.2 Å². The van der Waals surface area contributed by atoms with E-state index in [1.807, 2.05) is 19.1 Å². The fourth-order valence-electron chi connectivity index (χ4n) is 4.83. The molecule has 2 aliphatic rings. The molecule has 28 heavy (non-hydrogen) atoms. The third-order valence-corrected chi connectivity index (χ3v) is 6.41. The summed E-state index contributed by atoms with van der Waals surface area (Å²) >= 11 is 0. The molecule has 0 bridgehead atoms. The maximum atomic E-state index is 12.1. The van der Waals surface area contributed by atoms with Gasteiger partial charge < -0.3 is 20.7 Å². The van der Waals surface area contributed by atoms with E-state index in [0.29, 0.717) is 30.0 Å². The minimum atomic E-state index is -1.20. The van der Waals surface area contributed by atoms with E-state index in [1.54, 1.807) is 0 Å². The SMILES string of the molecule is CCc1cc(C(=O)O)c(=O)[nH]c1-c1ccc(N2CC3CCCC(N)C3C2)cc1. The number of carbonyl (C=O) groups is 1. The van der Waals surface area contributed by atoms with Crippen LogP contribution in [0.25, 0.3) is 11.3 Å². The number of rotatable bonds is 4. The minimum absolute atomic E-state index is 0.215. The van der Waals surface area contributed by atoms with E-state index in [-0.39, 0.29) is 5.56 Å². The van der Waals surface area contributed by atoms with Crippen LogP contribution in [0.2, 0.25) is 0 Å². The number of fused-ring (bicyclic) bond motifs is 1. The zero-order chi connectivity index (χ0) is 19.8. The third kappa shape index (κ3) is 3.33. The number of hydrogen-bond acceptors (Lipinski definition) is 4. The standard InChI is InChI=1S/C22H27N3O3/c1-2-13-10-17(22(27)28)21(26)24-20(13)14-6-8-16(9-7-14)25-11-15-4-3-5-19(23)18(15)12-25/h6-10,15,18-19H,2-5,11-12,23H2,1H3,(H,24,26)(H,27,28). The molecule has 0 spiro atoms. The first kappa shape index (κ1) is 18.7. The van der Waals surface area contributed by atoms with Crippen molar-refractivity contribution in [3.05, 3.63) is 51.8 Å². The molecule has 1 aromatic heterocycles. The zero-order valence-electron chi connectivity index (χ0n) is 16.1. The summed E-state index contributed by atoms with van der Waals surface area (Å²) in [7, 11) is 0. The van der Waals surface area contributed by atoms with Crippen LogP contribution >= 0.6 is 0 Å². The van der Waals surface area contributed by atoms with Gasteiger partial charge in [-0.1, -0.05) is 25.5 Å². The van der Waals surface area contributed by atoms with Gasteiger partial charge in [0, 0.05) is 24.8 Å². The smallest absolute Gasteiger partial charge is 0.341 e. The fourth-order valence-corrected chi connectivity index (χ4v) is 4.83. The van der Waals surface area contributed by atoms with E-state index in [0.717, 1.165) is 30.6 Å². The molecule has 0 amide bonds. The molecule has 4 rings (SSSR count). The van der Waals surface area contributed by atoms with Crippen LogP contribution in [0.1, 0.15) is 42.1 Å². The number of aromatic nitrogens is 1. The van der Waals surface area contributed by atoms with Crippen LogP contribution in [0.3, 0.4) is 0 Å². The Kier molecular flexibility index (Phi) is 4.98. The Labute approximate surface area is 164 Å². The number of aromatic amines is 1. The maximum absolute atomic E-state index is 12.1. The first-order valence-electron chi connectivity index (χ1n) is 10.1. The van der Waals surface area contributed by atoms with E-state index in [2.05, 4.69) is 22.0 Å². The Morgan fingerprint density at radius 3 is 2.64 bits per heavy atom. The Morgan fingerprint density at radius 2 is 2.00 bits per heavy atom. The van der Waals surface area contributed by atoms with Gasteiger partial charge in [0.2, 0.25) is 0 Å². The molecule has 0 radical (unpaired) electrons. The van der Waals surface area contributed by atoms with Crippen molar-refractivity contribution in [2.45, 2.75) is 38.6 Å². The van der Waals surface area contributed by atoms with Crippen molar-refractivity contribution >= 4 is 11.7 Å². The summed E-state index contributed by atoms with van der Waals surface area (Å²) in [5.74, 6) is 0.0710. The van der Waals surface area contributed by atoms with E-state index >= 15 is 0 Å². The Balaban J connectivity index is 1.60. The van der Waals surface area contributed by atoms with Gasteiger partial charge in [0.25, 0.3) is 5.56 Å². The number of carboxylic acids is 1. The second-order valence-corrected chi connectivity index (χ2v) is 8.04. The molecule has 1 aromatic carbocycles. The predicted octanol–water partition coefficient (Wildman–Crippen LogP) is 2.87.